The van der Waals surface area contributed by atoms with Crippen LogP contribution >= 0.6 is 0 Å². The van der Waals surface area contributed by atoms with E-state index in [1.54, 1.807) is 0 Å². The van der Waals surface area contributed by atoms with Gasteiger partial charge in [-0.2, -0.15) is 31.6 Å². The molecule has 1 rings (SSSR count). The van der Waals surface area contributed by atoms with Gasteiger partial charge in [-0.15, -0.1) is 0 Å². The van der Waals surface area contributed by atoms with E-state index in [4.69, 9.17) is 5.26 Å². The van der Waals surface area contributed by atoms with Crippen LogP contribution in [0.2, 0.25) is 0 Å². The summed E-state index contributed by atoms with van der Waals surface area (Å²) in [6.07, 6.45) is -14.2. The van der Waals surface area contributed by atoms with Crippen molar-refractivity contribution in [2.75, 3.05) is 0 Å². The molecule has 1 heterocycles. The lowest BCUT2D eigenvalue weighted by Crippen LogP contribution is -2.45. The summed E-state index contributed by atoms with van der Waals surface area (Å²) in [5.74, 6) is -2.17. The molecule has 0 atom stereocenters. The molecular formula is C11H5F6NO3. The number of hydrogen-bond donors (Lipinski definition) is 0. The van der Waals surface area contributed by atoms with Crippen molar-refractivity contribution < 1.29 is 40.3 Å². The number of nitriles is 1. The fraction of sp³-hybridized carbons (Fsp3) is 0.273. The van der Waals surface area contributed by atoms with Crippen molar-refractivity contribution in [3.63, 3.8) is 0 Å². The summed E-state index contributed by atoms with van der Waals surface area (Å²) in [5, 5.41) is 8.59. The molecule has 1 aromatic rings. The second-order valence-corrected chi connectivity index (χ2v) is 3.55. The van der Waals surface area contributed by atoms with Crippen LogP contribution in [-0.4, -0.2) is 24.4 Å². The minimum atomic E-state index is -5.85. The van der Waals surface area contributed by atoms with E-state index >= 15 is 0 Å². The predicted octanol–water partition coefficient (Wildman–Crippen LogP) is 3.22. The SMILES string of the molecule is N#C/C(=C\c1ccco1)C(=O)OC(C(F)(F)F)C(F)(F)F. The van der Waals surface area contributed by atoms with E-state index < -0.39 is 30.0 Å². The fourth-order valence-corrected chi connectivity index (χ4v) is 1.14. The minimum Gasteiger partial charge on any atom is -0.465 e. The van der Waals surface area contributed by atoms with Crippen molar-refractivity contribution in [3.8, 4) is 6.07 Å². The van der Waals surface area contributed by atoms with Crippen LogP contribution in [0.25, 0.3) is 6.08 Å². The number of rotatable bonds is 3. The van der Waals surface area contributed by atoms with Crippen molar-refractivity contribution in [1.29, 1.82) is 5.26 Å². The normalized spacial score (nSPS) is 13.1. The monoisotopic (exact) mass is 313 g/mol. The van der Waals surface area contributed by atoms with Crippen LogP contribution in [0.1, 0.15) is 5.76 Å². The van der Waals surface area contributed by atoms with Crippen LogP contribution in [0.5, 0.6) is 0 Å². The molecule has 0 unspecified atom stereocenters. The molecule has 1 aromatic heterocycles. The van der Waals surface area contributed by atoms with Crippen molar-refractivity contribution in [3.05, 3.63) is 29.7 Å². The second-order valence-electron chi connectivity index (χ2n) is 3.55. The number of ether oxygens (including phenoxy) is 1. The van der Waals surface area contributed by atoms with Gasteiger partial charge in [-0.3, -0.25) is 0 Å². The van der Waals surface area contributed by atoms with Gasteiger partial charge >= 0.3 is 18.3 Å². The third kappa shape index (κ3) is 4.55. The molecular weight excluding hydrogens is 308 g/mol. The van der Waals surface area contributed by atoms with Gasteiger partial charge in [-0.1, -0.05) is 0 Å². The molecule has 0 amide bonds. The Kier molecular flexibility index (Phi) is 4.67. The summed E-state index contributed by atoms with van der Waals surface area (Å²) in [5.41, 5.74) is -1.07. The first kappa shape index (κ1) is 16.6. The van der Waals surface area contributed by atoms with Crippen LogP contribution in [0.4, 0.5) is 26.3 Å². The Hall–Kier alpha value is -2.44. The molecule has 0 saturated heterocycles. The number of furan rings is 1. The van der Waals surface area contributed by atoms with Gasteiger partial charge in [0.05, 0.1) is 6.26 Å². The summed E-state index contributed by atoms with van der Waals surface area (Å²) >= 11 is 0. The highest BCUT2D eigenvalue weighted by molar-refractivity contribution is 5.97. The molecule has 0 radical (unpaired) electrons. The lowest BCUT2D eigenvalue weighted by molar-refractivity contribution is -0.312. The molecule has 0 N–H and O–H groups in total. The number of carbonyl (C=O) groups excluding carboxylic acids is 1. The van der Waals surface area contributed by atoms with Gasteiger partial charge in [0, 0.05) is 6.08 Å². The van der Waals surface area contributed by atoms with Gasteiger partial charge in [0.15, 0.2) is 0 Å². The maximum Gasteiger partial charge on any atom is 0.434 e. The molecule has 0 aliphatic rings. The van der Waals surface area contributed by atoms with Crippen LogP contribution < -0.4 is 0 Å². The fourth-order valence-electron chi connectivity index (χ4n) is 1.14. The number of carbonyl (C=O) groups is 1. The lowest BCUT2D eigenvalue weighted by Gasteiger charge is -2.22. The van der Waals surface area contributed by atoms with Gasteiger partial charge in [-0.05, 0) is 12.1 Å². The molecule has 4 nitrogen and oxygen atoms in total. The summed E-state index contributed by atoms with van der Waals surface area (Å²) in [4.78, 5) is 11.2. The summed E-state index contributed by atoms with van der Waals surface area (Å²) in [6.45, 7) is 0. The van der Waals surface area contributed by atoms with E-state index in [0.717, 1.165) is 12.3 Å². The molecule has 0 fully saturated rings. The smallest absolute Gasteiger partial charge is 0.434 e. The van der Waals surface area contributed by atoms with Gasteiger partial charge < -0.3 is 9.15 Å². The van der Waals surface area contributed by atoms with Gasteiger partial charge in [0.2, 0.25) is 0 Å². The van der Waals surface area contributed by atoms with Crippen molar-refractivity contribution >= 4 is 12.0 Å². The number of hydrogen-bond acceptors (Lipinski definition) is 4. The molecule has 10 heteroatoms. The quantitative estimate of drug-likeness (QED) is 0.372. The second kappa shape index (κ2) is 5.90. The maximum absolute atomic E-state index is 12.2. The predicted molar refractivity (Wildman–Crippen MR) is 54.3 cm³/mol. The summed E-state index contributed by atoms with van der Waals surface area (Å²) < 4.78 is 81.3. The average molecular weight is 313 g/mol. The molecule has 21 heavy (non-hydrogen) atoms. The highest BCUT2D eigenvalue weighted by Crippen LogP contribution is 2.36. The standard InChI is InChI=1S/C11H5F6NO3/c12-10(13,14)9(11(15,16)17)21-8(19)6(5-18)4-7-2-1-3-20-7/h1-4,9H/b6-4+. The molecule has 0 aliphatic carbocycles. The molecule has 0 aromatic carbocycles. The van der Waals surface area contributed by atoms with Crippen LogP contribution in [0.15, 0.2) is 28.4 Å². The van der Waals surface area contributed by atoms with Crippen molar-refractivity contribution in [1.82, 2.24) is 0 Å². The first-order chi connectivity index (χ1) is 9.55. The van der Waals surface area contributed by atoms with E-state index in [1.165, 1.54) is 12.1 Å². The number of halogens is 6. The Balaban J connectivity index is 2.99. The van der Waals surface area contributed by atoms with E-state index in [9.17, 15) is 31.1 Å². The summed E-state index contributed by atoms with van der Waals surface area (Å²) in [6, 6.07) is 3.71. The molecule has 0 saturated carbocycles. The zero-order valence-electron chi connectivity index (χ0n) is 9.83. The van der Waals surface area contributed by atoms with Gasteiger partial charge in [-0.25, -0.2) is 4.79 Å². The van der Waals surface area contributed by atoms with Crippen LogP contribution in [-0.2, 0) is 9.53 Å². The third-order valence-electron chi connectivity index (χ3n) is 1.99. The van der Waals surface area contributed by atoms with Crippen molar-refractivity contribution in [2.45, 2.75) is 18.5 Å². The first-order valence-corrected chi connectivity index (χ1v) is 5.05. The van der Waals surface area contributed by atoms with E-state index in [1.807, 2.05) is 0 Å². The Morgan fingerprint density at radius 2 is 1.86 bits per heavy atom. The summed E-state index contributed by atoms with van der Waals surface area (Å²) in [7, 11) is 0. The molecule has 114 valence electrons. The van der Waals surface area contributed by atoms with Gasteiger partial charge in [0.25, 0.3) is 6.10 Å². The Morgan fingerprint density at radius 1 is 1.29 bits per heavy atom. The van der Waals surface area contributed by atoms with E-state index in [2.05, 4.69) is 9.15 Å². The Morgan fingerprint density at radius 3 is 2.24 bits per heavy atom. The zero-order valence-corrected chi connectivity index (χ0v) is 9.83. The highest BCUT2D eigenvalue weighted by atomic mass is 19.4. The van der Waals surface area contributed by atoms with E-state index in [-0.39, 0.29) is 5.76 Å². The topological polar surface area (TPSA) is 63.2 Å². The third-order valence-corrected chi connectivity index (χ3v) is 1.99. The maximum atomic E-state index is 12.2. The lowest BCUT2D eigenvalue weighted by atomic mass is 10.2. The van der Waals surface area contributed by atoms with E-state index in [0.29, 0.717) is 6.08 Å². The average Bonchev–Trinajstić information content (AvgIpc) is 2.82. The zero-order chi connectivity index (χ0) is 16.3. The largest absolute Gasteiger partial charge is 0.465 e. The van der Waals surface area contributed by atoms with Gasteiger partial charge in [0.1, 0.15) is 17.4 Å². The Labute approximate surface area is 113 Å². The number of alkyl halides is 6. The first-order valence-electron chi connectivity index (χ1n) is 5.05. The molecule has 0 bridgehead atoms. The van der Waals surface area contributed by atoms with Crippen LogP contribution in [0, 0.1) is 11.3 Å². The highest BCUT2D eigenvalue weighted by Gasteiger charge is 2.60. The molecule has 0 spiro atoms. The number of esters is 1. The Bertz CT molecular complexity index is 550. The minimum absolute atomic E-state index is 0.112. The van der Waals surface area contributed by atoms with Crippen LogP contribution in [0.3, 0.4) is 0 Å². The molecule has 0 aliphatic heterocycles. The number of nitrogens with zero attached hydrogens (tertiary/aromatic N) is 1. The van der Waals surface area contributed by atoms with Crippen molar-refractivity contribution in [2.24, 2.45) is 0 Å².